The molecule has 0 fully saturated rings. The van der Waals surface area contributed by atoms with Crippen molar-refractivity contribution in [3.8, 4) is 0 Å². The summed E-state index contributed by atoms with van der Waals surface area (Å²) in [5, 5.41) is 8.65. The second kappa shape index (κ2) is 9.54. The van der Waals surface area contributed by atoms with E-state index in [1.54, 1.807) is 19.2 Å². The molecule has 1 unspecified atom stereocenters. The van der Waals surface area contributed by atoms with E-state index >= 15 is 0 Å². The van der Waals surface area contributed by atoms with Crippen LogP contribution >= 0.6 is 0 Å². The van der Waals surface area contributed by atoms with E-state index in [4.69, 9.17) is 5.11 Å². The monoisotopic (exact) mass is 335 g/mol. The van der Waals surface area contributed by atoms with Crippen molar-refractivity contribution in [1.82, 2.24) is 4.98 Å². The predicted molar refractivity (Wildman–Crippen MR) is 84.5 cm³/mol. The van der Waals surface area contributed by atoms with Gasteiger partial charge < -0.3 is 9.84 Å². The zero-order chi connectivity index (χ0) is 18.1. The Kier molecular flexibility index (Phi) is 7.74. The molecule has 1 atom stereocenters. The van der Waals surface area contributed by atoms with Gasteiger partial charge in [0.25, 0.3) is 0 Å². The zero-order valence-electron chi connectivity index (χ0n) is 13.8. The number of aryl methyl sites for hydroxylation is 1. The van der Waals surface area contributed by atoms with E-state index < -0.39 is 36.0 Å². The third-order valence-electron chi connectivity index (χ3n) is 3.42. The minimum Gasteiger partial charge on any atom is -0.481 e. The van der Waals surface area contributed by atoms with Crippen LogP contribution in [0.1, 0.15) is 48.5 Å². The molecule has 1 rings (SSSR count). The van der Waals surface area contributed by atoms with E-state index in [1.165, 1.54) is 13.1 Å². The maximum Gasteiger partial charge on any atom is 0.303 e. The van der Waals surface area contributed by atoms with Crippen LogP contribution in [0, 0.1) is 12.8 Å². The van der Waals surface area contributed by atoms with E-state index in [0.29, 0.717) is 18.4 Å². The number of Topliss-reactive ketones (excluding diaryl/α,β-unsaturated/α-hetero) is 2. The van der Waals surface area contributed by atoms with Crippen LogP contribution in [-0.4, -0.2) is 40.2 Å². The zero-order valence-corrected chi connectivity index (χ0v) is 13.8. The van der Waals surface area contributed by atoms with Gasteiger partial charge in [0, 0.05) is 31.3 Å². The van der Waals surface area contributed by atoms with Gasteiger partial charge in [-0.25, -0.2) is 0 Å². The largest absolute Gasteiger partial charge is 0.481 e. The maximum absolute atomic E-state index is 12.6. The van der Waals surface area contributed by atoms with Gasteiger partial charge in [-0.15, -0.1) is 0 Å². The highest BCUT2D eigenvalue weighted by molar-refractivity contribution is 6.11. The van der Waals surface area contributed by atoms with Crippen LogP contribution in [0.3, 0.4) is 0 Å². The van der Waals surface area contributed by atoms with Gasteiger partial charge in [-0.05, 0) is 31.4 Å². The molecule has 7 nitrogen and oxygen atoms in total. The number of ketones is 2. The van der Waals surface area contributed by atoms with Gasteiger partial charge in [0.2, 0.25) is 0 Å². The molecule has 24 heavy (non-hydrogen) atoms. The van der Waals surface area contributed by atoms with Crippen molar-refractivity contribution in [2.45, 2.75) is 39.5 Å². The Morgan fingerprint density at radius 2 is 1.92 bits per heavy atom. The Balaban J connectivity index is 2.82. The van der Waals surface area contributed by atoms with Crippen molar-refractivity contribution >= 4 is 23.5 Å². The molecule has 0 spiro atoms. The average Bonchev–Trinajstić information content (AvgIpc) is 2.51. The van der Waals surface area contributed by atoms with E-state index in [9.17, 15) is 19.2 Å². The van der Waals surface area contributed by atoms with Crippen LogP contribution in [0.15, 0.2) is 18.5 Å². The highest BCUT2D eigenvalue weighted by atomic mass is 16.5. The molecule has 130 valence electrons. The summed E-state index contributed by atoms with van der Waals surface area (Å²) < 4.78 is 4.69. The van der Waals surface area contributed by atoms with Gasteiger partial charge >= 0.3 is 11.9 Å². The van der Waals surface area contributed by atoms with Gasteiger partial charge in [0.05, 0.1) is 5.92 Å². The molecule has 0 amide bonds. The van der Waals surface area contributed by atoms with Crippen LogP contribution in [0.5, 0.6) is 0 Å². The number of carboxylic acid groups (broad SMARTS) is 1. The van der Waals surface area contributed by atoms with Gasteiger partial charge in [0.1, 0.15) is 0 Å². The first-order chi connectivity index (χ1) is 11.3. The number of carbonyl (C=O) groups is 4. The fraction of sp³-hybridized carbons (Fsp3) is 0.471. The number of carbonyl (C=O) groups excluding carboxylic acids is 3. The molecule has 1 heterocycles. The fourth-order valence-electron chi connectivity index (χ4n) is 2.23. The summed E-state index contributed by atoms with van der Waals surface area (Å²) in [5.41, 5.74) is 1.10. The molecule has 0 aromatic carbocycles. The number of hydrogen-bond acceptors (Lipinski definition) is 6. The Hall–Kier alpha value is -2.57. The molecular formula is C17H21NO6. The number of ether oxygens (including phenoxy) is 1. The third kappa shape index (κ3) is 6.68. The Morgan fingerprint density at radius 3 is 2.50 bits per heavy atom. The first-order valence-electron chi connectivity index (χ1n) is 7.65. The van der Waals surface area contributed by atoms with Crippen molar-refractivity contribution in [3.05, 3.63) is 29.6 Å². The molecule has 1 aromatic rings. The van der Waals surface area contributed by atoms with Crippen LogP contribution in [-0.2, 0) is 19.1 Å². The Labute approximate surface area is 140 Å². The molecule has 1 aromatic heterocycles. The molecule has 0 saturated carbocycles. The standard InChI is InChI=1S/C17H21NO6/c1-11-7-13(9-18-8-11)17(23)14(5-3-4-6-16(21)22)15(20)10-24-12(2)19/h7-9,14H,3-6,10H2,1-2H3,(H,21,22). The summed E-state index contributed by atoms with van der Waals surface area (Å²) in [6.07, 6.45) is 3.95. The number of hydrogen-bond donors (Lipinski definition) is 1. The number of unbranched alkanes of at least 4 members (excludes halogenated alkanes) is 1. The predicted octanol–water partition coefficient (Wildman–Crippen LogP) is 1.97. The van der Waals surface area contributed by atoms with Crippen LogP contribution in [0.25, 0.3) is 0 Å². The summed E-state index contributed by atoms with van der Waals surface area (Å²) in [5.74, 6) is -3.38. The highest BCUT2D eigenvalue weighted by Crippen LogP contribution is 2.18. The van der Waals surface area contributed by atoms with E-state index in [1.807, 2.05) is 0 Å². The molecule has 1 N–H and O–H groups in total. The van der Waals surface area contributed by atoms with E-state index in [-0.39, 0.29) is 12.8 Å². The van der Waals surface area contributed by atoms with Gasteiger partial charge in [-0.3, -0.25) is 24.2 Å². The average molecular weight is 335 g/mol. The number of aliphatic carboxylic acids is 1. The maximum atomic E-state index is 12.6. The lowest BCUT2D eigenvalue weighted by molar-refractivity contribution is -0.146. The van der Waals surface area contributed by atoms with Crippen LogP contribution in [0.4, 0.5) is 0 Å². The molecule has 0 saturated heterocycles. The van der Waals surface area contributed by atoms with Crippen molar-refractivity contribution in [2.75, 3.05) is 6.61 Å². The molecule has 0 radical (unpaired) electrons. The highest BCUT2D eigenvalue weighted by Gasteiger charge is 2.28. The van der Waals surface area contributed by atoms with Gasteiger partial charge in [-0.1, -0.05) is 6.42 Å². The topological polar surface area (TPSA) is 111 Å². The number of rotatable bonds is 10. The fourth-order valence-corrected chi connectivity index (χ4v) is 2.23. The van der Waals surface area contributed by atoms with E-state index in [0.717, 1.165) is 5.56 Å². The Morgan fingerprint density at radius 1 is 1.21 bits per heavy atom. The molecule has 0 aliphatic carbocycles. The quantitative estimate of drug-likeness (QED) is 0.301. The van der Waals surface area contributed by atoms with Gasteiger partial charge in [0.15, 0.2) is 18.2 Å². The lowest BCUT2D eigenvalue weighted by atomic mass is 9.89. The van der Waals surface area contributed by atoms with Crippen LogP contribution in [0.2, 0.25) is 0 Å². The third-order valence-corrected chi connectivity index (χ3v) is 3.42. The van der Waals surface area contributed by atoms with E-state index in [2.05, 4.69) is 9.72 Å². The molecule has 0 aliphatic rings. The molecule has 0 aliphatic heterocycles. The first-order valence-corrected chi connectivity index (χ1v) is 7.65. The summed E-state index contributed by atoms with van der Waals surface area (Å²) in [6.45, 7) is 2.50. The van der Waals surface area contributed by atoms with Crippen molar-refractivity contribution < 1.29 is 29.0 Å². The summed E-state index contributed by atoms with van der Waals surface area (Å²) in [6, 6.07) is 1.64. The second-order valence-electron chi connectivity index (χ2n) is 5.55. The molecule has 0 bridgehead atoms. The minimum atomic E-state index is -0.971. The number of nitrogens with zero attached hydrogens (tertiary/aromatic N) is 1. The smallest absolute Gasteiger partial charge is 0.303 e. The lowest BCUT2D eigenvalue weighted by Gasteiger charge is -2.15. The first kappa shape index (κ1) is 19.5. The summed E-state index contributed by atoms with van der Waals surface area (Å²) >= 11 is 0. The normalized spacial score (nSPS) is 11.6. The summed E-state index contributed by atoms with van der Waals surface area (Å²) in [4.78, 5) is 50.2. The van der Waals surface area contributed by atoms with Crippen LogP contribution < -0.4 is 0 Å². The van der Waals surface area contributed by atoms with Gasteiger partial charge in [-0.2, -0.15) is 0 Å². The molecular weight excluding hydrogens is 314 g/mol. The summed E-state index contributed by atoms with van der Waals surface area (Å²) in [7, 11) is 0. The Bertz CT molecular complexity index is 625. The SMILES string of the molecule is CC(=O)OCC(=O)C(CCCCC(=O)O)C(=O)c1cncc(C)c1. The number of carboxylic acids is 1. The number of aromatic nitrogens is 1. The number of esters is 1. The van der Waals surface area contributed by atoms with Crippen molar-refractivity contribution in [1.29, 1.82) is 0 Å². The van der Waals surface area contributed by atoms with Crippen molar-refractivity contribution in [2.24, 2.45) is 5.92 Å². The lowest BCUT2D eigenvalue weighted by Crippen LogP contribution is -2.28. The second-order valence-corrected chi connectivity index (χ2v) is 5.55. The van der Waals surface area contributed by atoms with Crippen molar-refractivity contribution in [3.63, 3.8) is 0 Å². The molecule has 7 heteroatoms. The minimum absolute atomic E-state index is 0.0228. The number of pyridine rings is 1.